The second-order valence-electron chi connectivity index (χ2n) is 9.86. The Morgan fingerprint density at radius 1 is 1.03 bits per heavy atom. The molecule has 3 amide bonds. The number of amides is 3. The molecule has 0 bridgehead atoms. The summed E-state index contributed by atoms with van der Waals surface area (Å²) in [6, 6.07) is 13.8. The topological polar surface area (TPSA) is 112 Å². The van der Waals surface area contributed by atoms with Gasteiger partial charge in [0.25, 0.3) is 5.91 Å². The van der Waals surface area contributed by atoms with E-state index in [9.17, 15) is 14.4 Å². The lowest BCUT2D eigenvalue weighted by Gasteiger charge is -2.25. The van der Waals surface area contributed by atoms with Crippen molar-refractivity contribution in [3.63, 3.8) is 0 Å². The summed E-state index contributed by atoms with van der Waals surface area (Å²) in [5.41, 5.74) is 1.96. The predicted molar refractivity (Wildman–Crippen MR) is 146 cm³/mol. The van der Waals surface area contributed by atoms with Crippen LogP contribution in [0, 0.1) is 0 Å². The molecule has 2 N–H and O–H groups in total. The van der Waals surface area contributed by atoms with E-state index >= 15 is 0 Å². The summed E-state index contributed by atoms with van der Waals surface area (Å²) in [5, 5.41) is 11.5. The predicted octanol–water partition coefficient (Wildman–Crippen LogP) is 2.77. The second kappa shape index (κ2) is 11.5. The van der Waals surface area contributed by atoms with Gasteiger partial charge in [0.1, 0.15) is 6.04 Å². The monoisotopic (exact) mass is 515 g/mol. The molecule has 3 heterocycles. The molecule has 2 aliphatic rings. The number of anilines is 1. The number of hydrogen-bond acceptors (Lipinski definition) is 5. The number of nitrogens with zero attached hydrogens (tertiary/aromatic N) is 5. The first-order chi connectivity index (χ1) is 18.5. The number of nitrogens with one attached hydrogen (secondary N) is 2. The van der Waals surface area contributed by atoms with Crippen LogP contribution in [0.4, 0.5) is 5.69 Å². The smallest absolute Gasteiger partial charge is 0.257 e. The first-order valence-electron chi connectivity index (χ1n) is 13.2. The number of carbonyl (C=O) groups is 3. The Bertz CT molecular complexity index is 1340. The molecule has 0 spiro atoms. The van der Waals surface area contributed by atoms with Crippen LogP contribution < -0.4 is 10.6 Å². The van der Waals surface area contributed by atoms with Crippen molar-refractivity contribution in [2.75, 3.05) is 31.5 Å². The van der Waals surface area contributed by atoms with E-state index in [2.05, 4.69) is 15.7 Å². The van der Waals surface area contributed by atoms with Gasteiger partial charge in [-0.05, 0) is 62.4 Å². The van der Waals surface area contributed by atoms with E-state index < -0.39 is 6.04 Å². The molecular weight excluding hydrogens is 482 g/mol. The molecule has 1 aromatic heterocycles. The fraction of sp³-hybridized carbons (Fsp3) is 0.393. The summed E-state index contributed by atoms with van der Waals surface area (Å²) in [7, 11) is 1.86. The van der Waals surface area contributed by atoms with Crippen molar-refractivity contribution in [2.45, 2.75) is 38.1 Å². The molecule has 38 heavy (non-hydrogen) atoms. The molecule has 1 atom stereocenters. The second-order valence-corrected chi connectivity index (χ2v) is 9.86. The normalized spacial score (nSPS) is 18.5. The number of benzene rings is 2. The van der Waals surface area contributed by atoms with Crippen molar-refractivity contribution in [2.24, 2.45) is 12.0 Å². The molecule has 2 saturated heterocycles. The number of fused-ring (bicyclic) bond motifs is 1. The maximum absolute atomic E-state index is 13.5. The van der Waals surface area contributed by atoms with E-state index in [0.717, 1.165) is 49.7 Å². The van der Waals surface area contributed by atoms with Crippen LogP contribution in [0.25, 0.3) is 10.9 Å². The zero-order chi connectivity index (χ0) is 26.5. The summed E-state index contributed by atoms with van der Waals surface area (Å²) < 4.78 is 1.74. The van der Waals surface area contributed by atoms with Crippen LogP contribution in [0.2, 0.25) is 0 Å². The van der Waals surface area contributed by atoms with Gasteiger partial charge in [-0.2, -0.15) is 5.10 Å². The van der Waals surface area contributed by atoms with Gasteiger partial charge in [0.05, 0.1) is 12.1 Å². The summed E-state index contributed by atoms with van der Waals surface area (Å²) in [4.78, 5) is 47.5. The van der Waals surface area contributed by atoms with Crippen molar-refractivity contribution in [3.05, 3.63) is 60.3 Å². The van der Waals surface area contributed by atoms with Crippen LogP contribution in [-0.4, -0.2) is 75.5 Å². The number of carbonyl (C=O) groups excluding carboxylic acids is 3. The molecule has 3 aromatic rings. The van der Waals surface area contributed by atoms with Crippen LogP contribution in [-0.2, 0) is 16.6 Å². The lowest BCUT2D eigenvalue weighted by Crippen LogP contribution is -2.45. The van der Waals surface area contributed by atoms with Crippen LogP contribution in [0.3, 0.4) is 0 Å². The van der Waals surface area contributed by atoms with E-state index in [4.69, 9.17) is 4.99 Å². The largest absolute Gasteiger partial charge is 0.341 e. The van der Waals surface area contributed by atoms with Crippen molar-refractivity contribution in [3.8, 4) is 0 Å². The summed E-state index contributed by atoms with van der Waals surface area (Å²) in [6.07, 6.45) is 6.08. The van der Waals surface area contributed by atoms with E-state index in [1.54, 1.807) is 33.8 Å². The highest BCUT2D eigenvalue weighted by Gasteiger charge is 2.30. The van der Waals surface area contributed by atoms with Gasteiger partial charge in [-0.15, -0.1) is 0 Å². The van der Waals surface area contributed by atoms with Crippen LogP contribution >= 0.6 is 0 Å². The third-order valence-electron chi connectivity index (χ3n) is 6.97. The van der Waals surface area contributed by atoms with Crippen molar-refractivity contribution < 1.29 is 14.4 Å². The first-order valence-corrected chi connectivity index (χ1v) is 13.2. The number of hydrogen-bond donors (Lipinski definition) is 2. The average Bonchev–Trinajstić information content (AvgIpc) is 3.55. The molecule has 5 rings (SSSR count). The average molecular weight is 516 g/mol. The van der Waals surface area contributed by atoms with Crippen molar-refractivity contribution in [1.29, 1.82) is 0 Å². The Labute approximate surface area is 221 Å². The highest BCUT2D eigenvalue weighted by molar-refractivity contribution is 6.10. The molecule has 0 radical (unpaired) electrons. The Morgan fingerprint density at radius 3 is 2.58 bits per heavy atom. The lowest BCUT2D eigenvalue weighted by atomic mass is 10.1. The molecule has 10 heteroatoms. The maximum Gasteiger partial charge on any atom is 0.257 e. The Morgan fingerprint density at radius 2 is 1.79 bits per heavy atom. The van der Waals surface area contributed by atoms with Crippen molar-refractivity contribution >= 4 is 40.3 Å². The molecule has 0 unspecified atom stereocenters. The van der Waals surface area contributed by atoms with E-state index in [0.29, 0.717) is 24.2 Å². The molecule has 10 nitrogen and oxygen atoms in total. The molecule has 0 saturated carbocycles. The van der Waals surface area contributed by atoms with Gasteiger partial charge in [0.2, 0.25) is 17.8 Å². The number of likely N-dealkylation sites (tertiary alicyclic amines) is 2. The summed E-state index contributed by atoms with van der Waals surface area (Å²) >= 11 is 0. The quantitative estimate of drug-likeness (QED) is 0.401. The molecule has 2 fully saturated rings. The summed E-state index contributed by atoms with van der Waals surface area (Å²) in [5.74, 6) is -0.360. The third-order valence-corrected chi connectivity index (χ3v) is 6.97. The zero-order valence-corrected chi connectivity index (χ0v) is 21.6. The van der Waals surface area contributed by atoms with E-state index in [1.165, 1.54) is 0 Å². The van der Waals surface area contributed by atoms with E-state index in [-0.39, 0.29) is 30.2 Å². The highest BCUT2D eigenvalue weighted by atomic mass is 16.2. The highest BCUT2D eigenvalue weighted by Crippen LogP contribution is 2.19. The Hall–Kier alpha value is -4.21. The number of rotatable bonds is 5. The fourth-order valence-electron chi connectivity index (χ4n) is 4.97. The molecule has 2 aliphatic heterocycles. The van der Waals surface area contributed by atoms with Gasteiger partial charge in [0, 0.05) is 49.5 Å². The standard InChI is InChI=1S/C28H33N7O3/c1-33-18-21-12-13-22(17-24(21)32-33)29-28(31-26(37)20-9-3-2-4-10-20)30-23-11-5-6-16-35(27(23)38)19-25(36)34-14-7-8-15-34/h2-4,9-10,12-13,17-18,23H,5-8,11,14-16,19H2,1H3,(H2,29,30,31,37)/t23-/m0/s1. The zero-order valence-electron chi connectivity index (χ0n) is 21.6. The Balaban J connectivity index is 1.39. The number of aryl methyl sites for hydroxylation is 1. The SMILES string of the molecule is Cn1cc2ccc(NC(=N[C@H]3CCCCN(CC(=O)N4CCCC4)C3=O)NC(=O)c3ccccc3)cc2n1. The van der Waals surface area contributed by atoms with Gasteiger partial charge in [-0.3, -0.25) is 24.4 Å². The van der Waals surface area contributed by atoms with Crippen LogP contribution in [0.15, 0.2) is 59.7 Å². The molecular formula is C28H33N7O3. The number of aromatic nitrogens is 2. The number of guanidine groups is 1. The maximum atomic E-state index is 13.5. The third kappa shape index (κ3) is 6.01. The van der Waals surface area contributed by atoms with Crippen LogP contribution in [0.1, 0.15) is 42.5 Å². The fourth-order valence-corrected chi connectivity index (χ4v) is 4.97. The van der Waals surface area contributed by atoms with E-state index in [1.807, 2.05) is 42.4 Å². The van der Waals surface area contributed by atoms with Gasteiger partial charge in [-0.25, -0.2) is 4.99 Å². The van der Waals surface area contributed by atoms with Gasteiger partial charge >= 0.3 is 0 Å². The molecule has 0 aliphatic carbocycles. The molecule has 198 valence electrons. The Kier molecular flexibility index (Phi) is 7.67. The van der Waals surface area contributed by atoms with Crippen molar-refractivity contribution in [1.82, 2.24) is 24.9 Å². The minimum absolute atomic E-state index is 0.0140. The number of aliphatic imine (C=N–C) groups is 1. The first kappa shape index (κ1) is 25.4. The van der Waals surface area contributed by atoms with Gasteiger partial charge < -0.3 is 15.1 Å². The minimum atomic E-state index is -0.707. The lowest BCUT2D eigenvalue weighted by molar-refractivity contribution is -0.140. The molecule has 2 aromatic carbocycles. The van der Waals surface area contributed by atoms with Crippen LogP contribution in [0.5, 0.6) is 0 Å². The van der Waals surface area contributed by atoms with Gasteiger partial charge in [0.15, 0.2) is 0 Å². The minimum Gasteiger partial charge on any atom is -0.341 e. The van der Waals surface area contributed by atoms with Gasteiger partial charge in [-0.1, -0.05) is 18.2 Å². The summed E-state index contributed by atoms with van der Waals surface area (Å²) in [6.45, 7) is 2.10.